The van der Waals surface area contributed by atoms with Crippen molar-refractivity contribution in [1.82, 2.24) is 0 Å². The first kappa shape index (κ1) is 18.3. The maximum atomic E-state index is 12.5. The molecule has 0 heterocycles. The van der Waals surface area contributed by atoms with Gasteiger partial charge in [0.15, 0.2) is 0 Å². The van der Waals surface area contributed by atoms with Gasteiger partial charge in [-0.05, 0) is 48.7 Å². The van der Waals surface area contributed by atoms with E-state index in [4.69, 9.17) is 9.47 Å². The minimum absolute atomic E-state index is 0.264. The van der Waals surface area contributed by atoms with Crippen molar-refractivity contribution in [1.29, 1.82) is 5.26 Å². The third-order valence-electron chi connectivity index (χ3n) is 3.88. The Labute approximate surface area is 148 Å². The molecule has 5 heteroatoms. The number of carbonyl (C=O) groups excluding carboxylic acids is 1. The maximum Gasteiger partial charge on any atom is 0.242 e. The maximum absolute atomic E-state index is 12.5. The number of rotatable bonds is 6. The van der Waals surface area contributed by atoms with Crippen molar-refractivity contribution in [3.63, 3.8) is 0 Å². The molecule has 0 radical (unpaired) electrons. The normalized spacial score (nSPS) is 11.3. The fourth-order valence-corrected chi connectivity index (χ4v) is 2.71. The molecule has 0 saturated heterocycles. The second-order valence-corrected chi connectivity index (χ2v) is 5.93. The molecule has 0 saturated carbocycles. The van der Waals surface area contributed by atoms with Crippen molar-refractivity contribution in [3.8, 4) is 17.6 Å². The molecule has 0 aliphatic carbocycles. The summed E-state index contributed by atoms with van der Waals surface area (Å²) in [5.41, 5.74) is 3.59. The highest BCUT2D eigenvalue weighted by Gasteiger charge is 2.21. The highest BCUT2D eigenvalue weighted by molar-refractivity contribution is 5.94. The van der Waals surface area contributed by atoms with Gasteiger partial charge in [0, 0.05) is 18.2 Å². The van der Waals surface area contributed by atoms with Gasteiger partial charge in [0.2, 0.25) is 5.91 Å². The number of anilines is 1. The van der Waals surface area contributed by atoms with Crippen LogP contribution in [0.2, 0.25) is 0 Å². The van der Waals surface area contributed by atoms with Gasteiger partial charge >= 0.3 is 0 Å². The van der Waals surface area contributed by atoms with E-state index < -0.39 is 5.92 Å². The summed E-state index contributed by atoms with van der Waals surface area (Å²) in [7, 11) is 3.12. The number of aryl methyl sites for hydroxylation is 2. The average Bonchev–Trinajstić information content (AvgIpc) is 2.58. The van der Waals surface area contributed by atoms with Gasteiger partial charge in [-0.25, -0.2) is 0 Å². The highest BCUT2D eigenvalue weighted by atomic mass is 16.5. The number of nitriles is 1. The molecule has 0 aliphatic rings. The number of hydrogen-bond donors (Lipinski definition) is 1. The third-order valence-corrected chi connectivity index (χ3v) is 3.88. The molecule has 1 atom stereocenters. The molecule has 1 amide bonds. The zero-order chi connectivity index (χ0) is 18.4. The van der Waals surface area contributed by atoms with E-state index >= 15 is 0 Å². The standard InChI is InChI=1S/C20H22N2O3/c1-13-7-14(2)9-17(8-13)22-20(23)16(12-21)10-15-5-6-18(24-3)11-19(15)25-4/h5-9,11,16H,10H2,1-4H3,(H,22,23)/t16-/m0/s1. The van der Waals surface area contributed by atoms with Crippen LogP contribution in [-0.2, 0) is 11.2 Å². The Bertz CT molecular complexity index is 789. The fourth-order valence-electron chi connectivity index (χ4n) is 2.71. The monoisotopic (exact) mass is 338 g/mol. The van der Waals surface area contributed by atoms with Crippen LogP contribution in [0.4, 0.5) is 5.69 Å². The average molecular weight is 338 g/mol. The van der Waals surface area contributed by atoms with E-state index in [-0.39, 0.29) is 12.3 Å². The SMILES string of the molecule is COc1ccc(C[C@@H](C#N)C(=O)Nc2cc(C)cc(C)c2)c(OC)c1. The lowest BCUT2D eigenvalue weighted by Crippen LogP contribution is -2.23. The second kappa shape index (κ2) is 8.20. The number of hydrogen-bond acceptors (Lipinski definition) is 4. The smallest absolute Gasteiger partial charge is 0.242 e. The van der Waals surface area contributed by atoms with Crippen molar-refractivity contribution in [2.24, 2.45) is 5.92 Å². The van der Waals surface area contributed by atoms with E-state index in [2.05, 4.69) is 11.4 Å². The third kappa shape index (κ3) is 4.74. The number of nitrogens with one attached hydrogen (secondary N) is 1. The number of amides is 1. The molecule has 130 valence electrons. The number of benzene rings is 2. The van der Waals surface area contributed by atoms with Crippen molar-refractivity contribution >= 4 is 11.6 Å². The van der Waals surface area contributed by atoms with Crippen LogP contribution in [-0.4, -0.2) is 20.1 Å². The molecule has 25 heavy (non-hydrogen) atoms. The Morgan fingerprint density at radius 1 is 1.12 bits per heavy atom. The van der Waals surface area contributed by atoms with Crippen LogP contribution >= 0.6 is 0 Å². The fraction of sp³-hybridized carbons (Fsp3) is 0.300. The zero-order valence-corrected chi connectivity index (χ0v) is 14.9. The van der Waals surface area contributed by atoms with Gasteiger partial charge in [0.25, 0.3) is 0 Å². The van der Waals surface area contributed by atoms with E-state index in [0.717, 1.165) is 16.7 Å². The van der Waals surface area contributed by atoms with Gasteiger partial charge in [0.05, 0.1) is 20.3 Å². The lowest BCUT2D eigenvalue weighted by atomic mass is 9.98. The molecule has 2 aromatic carbocycles. The summed E-state index contributed by atoms with van der Waals surface area (Å²) >= 11 is 0. The van der Waals surface area contributed by atoms with Crippen LogP contribution in [0.25, 0.3) is 0 Å². The minimum Gasteiger partial charge on any atom is -0.497 e. The topological polar surface area (TPSA) is 71.3 Å². The summed E-state index contributed by atoms with van der Waals surface area (Å²) in [6.07, 6.45) is 0.264. The van der Waals surface area contributed by atoms with E-state index in [1.54, 1.807) is 26.4 Å². The molecular weight excluding hydrogens is 316 g/mol. The summed E-state index contributed by atoms with van der Waals surface area (Å²) in [4.78, 5) is 12.5. The summed E-state index contributed by atoms with van der Waals surface area (Å²) in [5.74, 6) is 0.112. The molecular formula is C20H22N2O3. The molecule has 0 spiro atoms. The van der Waals surface area contributed by atoms with Crippen LogP contribution < -0.4 is 14.8 Å². The Morgan fingerprint density at radius 2 is 1.80 bits per heavy atom. The first-order valence-corrected chi connectivity index (χ1v) is 7.96. The van der Waals surface area contributed by atoms with Gasteiger partial charge in [-0.15, -0.1) is 0 Å². The summed E-state index contributed by atoms with van der Waals surface area (Å²) in [6, 6.07) is 13.2. The molecule has 0 aliphatic heterocycles. The Morgan fingerprint density at radius 3 is 2.36 bits per heavy atom. The largest absolute Gasteiger partial charge is 0.497 e. The molecule has 0 unspecified atom stereocenters. The van der Waals surface area contributed by atoms with Gasteiger partial charge < -0.3 is 14.8 Å². The number of carbonyl (C=O) groups is 1. The van der Waals surface area contributed by atoms with Crippen molar-refractivity contribution in [2.45, 2.75) is 20.3 Å². The molecule has 1 N–H and O–H groups in total. The first-order valence-electron chi connectivity index (χ1n) is 7.96. The summed E-state index contributed by atoms with van der Waals surface area (Å²) < 4.78 is 10.5. The van der Waals surface area contributed by atoms with E-state index in [1.807, 2.05) is 38.1 Å². The number of ether oxygens (including phenoxy) is 2. The molecule has 2 aromatic rings. The number of nitrogens with zero attached hydrogens (tertiary/aromatic N) is 1. The zero-order valence-electron chi connectivity index (χ0n) is 14.9. The van der Waals surface area contributed by atoms with E-state index in [0.29, 0.717) is 17.2 Å². The lowest BCUT2D eigenvalue weighted by molar-refractivity contribution is -0.118. The number of methoxy groups -OCH3 is 2. The Hall–Kier alpha value is -3.00. The molecule has 2 rings (SSSR count). The van der Waals surface area contributed by atoms with Gasteiger partial charge in [0.1, 0.15) is 17.4 Å². The van der Waals surface area contributed by atoms with Gasteiger partial charge in [-0.1, -0.05) is 12.1 Å². The minimum atomic E-state index is -0.817. The van der Waals surface area contributed by atoms with Crippen molar-refractivity contribution < 1.29 is 14.3 Å². The van der Waals surface area contributed by atoms with Crippen molar-refractivity contribution in [3.05, 3.63) is 53.1 Å². The summed E-state index contributed by atoms with van der Waals surface area (Å²) in [6.45, 7) is 3.93. The van der Waals surface area contributed by atoms with Crippen molar-refractivity contribution in [2.75, 3.05) is 19.5 Å². The molecule has 0 aromatic heterocycles. The van der Waals surface area contributed by atoms with Gasteiger partial charge in [-0.2, -0.15) is 5.26 Å². The van der Waals surface area contributed by atoms with E-state index in [9.17, 15) is 10.1 Å². The molecule has 0 fully saturated rings. The van der Waals surface area contributed by atoms with E-state index in [1.165, 1.54) is 0 Å². The van der Waals surface area contributed by atoms with Gasteiger partial charge in [-0.3, -0.25) is 4.79 Å². The quantitative estimate of drug-likeness (QED) is 0.873. The van der Waals surface area contributed by atoms with Crippen LogP contribution in [0.3, 0.4) is 0 Å². The van der Waals surface area contributed by atoms with Crippen LogP contribution in [0.15, 0.2) is 36.4 Å². The van der Waals surface area contributed by atoms with Crippen LogP contribution in [0, 0.1) is 31.1 Å². The lowest BCUT2D eigenvalue weighted by Gasteiger charge is -2.14. The molecule has 0 bridgehead atoms. The summed E-state index contributed by atoms with van der Waals surface area (Å²) in [5, 5.41) is 12.3. The van der Waals surface area contributed by atoms with Crippen LogP contribution in [0.5, 0.6) is 11.5 Å². The predicted molar refractivity (Wildman–Crippen MR) is 96.9 cm³/mol. The highest BCUT2D eigenvalue weighted by Crippen LogP contribution is 2.27. The Balaban J connectivity index is 2.17. The first-order chi connectivity index (χ1) is 12.0. The molecule has 5 nitrogen and oxygen atoms in total. The predicted octanol–water partition coefficient (Wildman–Crippen LogP) is 3.64. The second-order valence-electron chi connectivity index (χ2n) is 5.93. The van der Waals surface area contributed by atoms with Crippen LogP contribution in [0.1, 0.15) is 16.7 Å². The Kier molecular flexibility index (Phi) is 6.02.